The predicted octanol–water partition coefficient (Wildman–Crippen LogP) is 0.758. The molecule has 3 heterocycles. The summed E-state index contributed by atoms with van der Waals surface area (Å²) in [6.45, 7) is 6.47. The summed E-state index contributed by atoms with van der Waals surface area (Å²) in [4.78, 5) is 41.5. The number of carbonyl (C=O) groups excluding carboxylic acids is 3. The zero-order valence-electron chi connectivity index (χ0n) is 18.6. The van der Waals surface area contributed by atoms with Crippen molar-refractivity contribution in [2.24, 2.45) is 11.3 Å². The summed E-state index contributed by atoms with van der Waals surface area (Å²) in [6, 6.07) is 0.181. The van der Waals surface area contributed by atoms with Crippen LogP contribution in [0.5, 0.6) is 0 Å². The van der Waals surface area contributed by atoms with E-state index in [1.165, 1.54) is 0 Å². The maximum absolute atomic E-state index is 13.0. The van der Waals surface area contributed by atoms with Crippen LogP contribution in [-0.4, -0.2) is 86.5 Å². The average molecular weight is 423 g/mol. The van der Waals surface area contributed by atoms with Gasteiger partial charge in [-0.2, -0.15) is 0 Å². The van der Waals surface area contributed by atoms with Crippen LogP contribution in [0, 0.1) is 11.3 Å². The molecule has 0 aromatic heterocycles. The largest absolute Gasteiger partial charge is 0.383 e. The summed E-state index contributed by atoms with van der Waals surface area (Å²) < 4.78 is 5.23. The Morgan fingerprint density at radius 1 is 1.13 bits per heavy atom. The molecular formula is C22H38N4O4. The predicted molar refractivity (Wildman–Crippen MR) is 114 cm³/mol. The number of methoxy groups -OCH3 is 1. The van der Waals surface area contributed by atoms with Crippen molar-refractivity contribution in [2.75, 3.05) is 53.0 Å². The summed E-state index contributed by atoms with van der Waals surface area (Å²) in [6.07, 6.45) is 6.25. The maximum atomic E-state index is 13.0. The van der Waals surface area contributed by atoms with Gasteiger partial charge in [-0.1, -0.05) is 12.8 Å². The van der Waals surface area contributed by atoms with E-state index in [9.17, 15) is 14.4 Å². The molecule has 0 aliphatic carbocycles. The number of hydrogen-bond donors (Lipinski definition) is 2. The lowest BCUT2D eigenvalue weighted by molar-refractivity contribution is -0.141. The molecule has 0 unspecified atom stereocenters. The first-order valence-electron chi connectivity index (χ1n) is 11.5. The number of amides is 3. The number of nitrogens with zero attached hydrogens (tertiary/aromatic N) is 2. The van der Waals surface area contributed by atoms with Crippen LogP contribution in [0.15, 0.2) is 0 Å². The number of carbonyl (C=O) groups is 3. The zero-order chi connectivity index (χ0) is 21.6. The molecule has 0 aromatic rings. The minimum Gasteiger partial charge on any atom is -0.383 e. The molecule has 3 rings (SSSR count). The summed E-state index contributed by atoms with van der Waals surface area (Å²) in [5, 5.41) is 6.09. The lowest BCUT2D eigenvalue weighted by Gasteiger charge is -2.42. The summed E-state index contributed by atoms with van der Waals surface area (Å²) in [5.74, 6) is 0.386. The number of hydrogen-bond acceptors (Lipinski definition) is 5. The number of ether oxygens (including phenoxy) is 1. The molecule has 2 N–H and O–H groups in total. The minimum atomic E-state index is -0.456. The highest BCUT2D eigenvalue weighted by atomic mass is 16.5. The molecule has 8 heteroatoms. The molecule has 2 atom stereocenters. The number of likely N-dealkylation sites (tertiary alicyclic amines) is 2. The summed E-state index contributed by atoms with van der Waals surface area (Å²) >= 11 is 0. The van der Waals surface area contributed by atoms with Crippen LogP contribution in [0.3, 0.4) is 0 Å². The second-order valence-electron chi connectivity index (χ2n) is 9.23. The molecule has 3 aliphatic heterocycles. The lowest BCUT2D eigenvalue weighted by Crippen LogP contribution is -2.55. The van der Waals surface area contributed by atoms with Crippen molar-refractivity contribution in [3.05, 3.63) is 0 Å². The van der Waals surface area contributed by atoms with Gasteiger partial charge in [-0.3, -0.25) is 14.4 Å². The van der Waals surface area contributed by atoms with Crippen LogP contribution >= 0.6 is 0 Å². The van der Waals surface area contributed by atoms with Crippen LogP contribution in [0.4, 0.5) is 0 Å². The minimum absolute atomic E-state index is 0.0210. The Labute approximate surface area is 180 Å². The van der Waals surface area contributed by atoms with Gasteiger partial charge in [0.05, 0.1) is 18.6 Å². The molecule has 0 radical (unpaired) electrons. The van der Waals surface area contributed by atoms with Crippen molar-refractivity contribution in [3.8, 4) is 0 Å². The first-order valence-corrected chi connectivity index (χ1v) is 11.5. The third-order valence-corrected chi connectivity index (χ3v) is 7.31. The Morgan fingerprint density at radius 3 is 2.60 bits per heavy atom. The fourth-order valence-electron chi connectivity index (χ4n) is 5.33. The number of rotatable bonds is 3. The average Bonchev–Trinajstić information content (AvgIpc) is 2.74. The first kappa shape index (κ1) is 23.0. The first-order chi connectivity index (χ1) is 14.4. The molecular weight excluding hydrogens is 384 g/mol. The van der Waals surface area contributed by atoms with Gasteiger partial charge < -0.3 is 25.2 Å². The third-order valence-electron chi connectivity index (χ3n) is 7.31. The van der Waals surface area contributed by atoms with E-state index in [-0.39, 0.29) is 30.3 Å². The lowest BCUT2D eigenvalue weighted by atomic mass is 9.73. The Hall–Kier alpha value is -1.67. The van der Waals surface area contributed by atoms with Crippen molar-refractivity contribution in [2.45, 2.75) is 57.9 Å². The highest BCUT2D eigenvalue weighted by molar-refractivity contribution is 5.88. The van der Waals surface area contributed by atoms with Gasteiger partial charge in [-0.25, -0.2) is 0 Å². The third kappa shape index (κ3) is 5.72. The van der Waals surface area contributed by atoms with Crippen molar-refractivity contribution in [3.63, 3.8) is 0 Å². The van der Waals surface area contributed by atoms with E-state index in [0.29, 0.717) is 31.8 Å². The molecule has 3 aliphatic rings. The smallest absolute Gasteiger partial charge is 0.239 e. The normalized spacial score (nSPS) is 28.7. The molecule has 3 amide bonds. The fourth-order valence-corrected chi connectivity index (χ4v) is 5.33. The van der Waals surface area contributed by atoms with Crippen LogP contribution in [0.1, 0.15) is 51.9 Å². The van der Waals surface area contributed by atoms with Crippen molar-refractivity contribution >= 4 is 17.7 Å². The second kappa shape index (κ2) is 10.6. The summed E-state index contributed by atoms with van der Waals surface area (Å²) in [5.41, 5.74) is -0.456. The van der Waals surface area contributed by atoms with Gasteiger partial charge in [0.15, 0.2) is 0 Å². The zero-order valence-corrected chi connectivity index (χ0v) is 18.6. The van der Waals surface area contributed by atoms with Gasteiger partial charge in [-0.05, 0) is 38.0 Å². The van der Waals surface area contributed by atoms with E-state index in [1.54, 1.807) is 14.0 Å². The second-order valence-corrected chi connectivity index (χ2v) is 9.23. The maximum Gasteiger partial charge on any atom is 0.239 e. The van der Waals surface area contributed by atoms with E-state index in [1.807, 2.05) is 4.90 Å². The van der Waals surface area contributed by atoms with Gasteiger partial charge in [0.25, 0.3) is 0 Å². The van der Waals surface area contributed by atoms with Crippen LogP contribution in [0.2, 0.25) is 0 Å². The molecule has 0 saturated carbocycles. The molecule has 8 nitrogen and oxygen atoms in total. The topological polar surface area (TPSA) is 91.0 Å². The van der Waals surface area contributed by atoms with Crippen molar-refractivity contribution in [1.29, 1.82) is 0 Å². The Morgan fingerprint density at radius 2 is 1.90 bits per heavy atom. The van der Waals surface area contributed by atoms with E-state index in [4.69, 9.17) is 4.74 Å². The van der Waals surface area contributed by atoms with Crippen molar-refractivity contribution in [1.82, 2.24) is 20.4 Å². The number of fused-ring (bicyclic) bond motifs is 1. The number of piperidine rings is 2. The Balaban J connectivity index is 1.64. The molecule has 30 heavy (non-hydrogen) atoms. The van der Waals surface area contributed by atoms with Crippen LogP contribution < -0.4 is 10.6 Å². The van der Waals surface area contributed by atoms with E-state index >= 15 is 0 Å². The number of nitrogens with one attached hydrogen (secondary N) is 2. The molecule has 0 bridgehead atoms. The standard InChI is InChI=1S/C22H38N4O4/c1-17(27)26-11-8-22(9-12-26)7-4-3-5-18-16-25(13-14-30-2)10-6-19(18)24-20(28)15-23-21(22)29/h18-19H,3-16H2,1-2H3,(H,23,29)(H,24,28)/t18-,19-/m0/s1. The van der Waals surface area contributed by atoms with Crippen molar-refractivity contribution < 1.29 is 19.1 Å². The Bertz CT molecular complexity index is 618. The van der Waals surface area contributed by atoms with Gasteiger partial charge in [-0.15, -0.1) is 0 Å². The molecule has 0 aromatic carbocycles. The molecule has 3 fully saturated rings. The van der Waals surface area contributed by atoms with Gasteiger partial charge in [0, 0.05) is 52.8 Å². The quantitative estimate of drug-likeness (QED) is 0.701. The van der Waals surface area contributed by atoms with E-state index < -0.39 is 5.41 Å². The SMILES string of the molecule is COCCN1CC[C@@H]2NC(=O)CNC(=O)C3(CCCC[C@H]2C1)CCN(C(C)=O)CC3. The van der Waals surface area contributed by atoms with E-state index in [2.05, 4.69) is 15.5 Å². The monoisotopic (exact) mass is 422 g/mol. The van der Waals surface area contributed by atoms with Gasteiger partial charge in [0.2, 0.25) is 17.7 Å². The van der Waals surface area contributed by atoms with E-state index in [0.717, 1.165) is 58.3 Å². The highest BCUT2D eigenvalue weighted by Gasteiger charge is 2.42. The van der Waals surface area contributed by atoms with Gasteiger partial charge in [0.1, 0.15) is 0 Å². The van der Waals surface area contributed by atoms with Gasteiger partial charge >= 0.3 is 0 Å². The highest BCUT2D eigenvalue weighted by Crippen LogP contribution is 2.38. The Kier molecular flexibility index (Phi) is 8.11. The molecule has 1 spiro atoms. The van der Waals surface area contributed by atoms with Crippen LogP contribution in [0.25, 0.3) is 0 Å². The summed E-state index contributed by atoms with van der Waals surface area (Å²) in [7, 11) is 1.73. The molecule has 3 saturated heterocycles. The van der Waals surface area contributed by atoms with Crippen LogP contribution in [-0.2, 0) is 19.1 Å². The fraction of sp³-hybridized carbons (Fsp3) is 0.864. The molecule has 170 valence electrons.